The second-order valence-electron chi connectivity index (χ2n) is 3.70. The monoisotopic (exact) mass is 177 g/mol. The Hall–Kier alpha value is -0.930. The van der Waals surface area contributed by atoms with Crippen LogP contribution >= 0.6 is 0 Å². The normalized spacial score (nSPS) is 27.8. The van der Waals surface area contributed by atoms with E-state index in [1.165, 1.54) is 11.1 Å². The third-order valence-electron chi connectivity index (χ3n) is 2.48. The first-order chi connectivity index (χ1) is 6.25. The van der Waals surface area contributed by atoms with Crippen LogP contribution in [0.3, 0.4) is 0 Å². The van der Waals surface area contributed by atoms with Crippen LogP contribution in [0.15, 0.2) is 18.5 Å². The molecule has 1 aliphatic heterocycles. The van der Waals surface area contributed by atoms with Gasteiger partial charge in [0.25, 0.3) is 0 Å². The summed E-state index contributed by atoms with van der Waals surface area (Å²) >= 11 is 0. The Kier molecular flexibility index (Phi) is 2.29. The van der Waals surface area contributed by atoms with E-state index < -0.39 is 0 Å². The van der Waals surface area contributed by atoms with Gasteiger partial charge in [-0.25, -0.2) is 0 Å². The molecule has 1 aromatic rings. The van der Waals surface area contributed by atoms with Crippen molar-refractivity contribution in [3.63, 3.8) is 0 Å². The maximum absolute atomic E-state index is 5.77. The second kappa shape index (κ2) is 3.44. The molecule has 70 valence electrons. The molecule has 0 amide bonds. The highest BCUT2D eigenvalue weighted by molar-refractivity contribution is 5.21. The number of nitrogens with one attached hydrogen (secondary N) is 1. The summed E-state index contributed by atoms with van der Waals surface area (Å²) in [5, 5.41) is 3.34. The van der Waals surface area contributed by atoms with E-state index in [1.807, 2.05) is 12.4 Å². The van der Waals surface area contributed by atoms with Crippen LogP contribution in [-0.4, -0.2) is 11.1 Å². The fourth-order valence-electron chi connectivity index (χ4n) is 1.80. The summed E-state index contributed by atoms with van der Waals surface area (Å²) in [7, 11) is 0. The topological polar surface area (TPSA) is 50.9 Å². The molecule has 1 aliphatic rings. The van der Waals surface area contributed by atoms with E-state index in [2.05, 4.69) is 23.3 Å². The summed E-state index contributed by atoms with van der Waals surface area (Å²) in [4.78, 5) is 4.17. The molecule has 0 saturated carbocycles. The van der Waals surface area contributed by atoms with Crippen molar-refractivity contribution < 1.29 is 0 Å². The number of hydrogen-bond donors (Lipinski definition) is 2. The van der Waals surface area contributed by atoms with Gasteiger partial charge < -0.3 is 5.73 Å². The molecule has 2 unspecified atom stereocenters. The summed E-state index contributed by atoms with van der Waals surface area (Å²) < 4.78 is 0. The van der Waals surface area contributed by atoms with Crippen LogP contribution < -0.4 is 11.1 Å². The predicted octanol–water partition coefficient (Wildman–Crippen LogP) is 1.10. The quantitative estimate of drug-likeness (QED) is 0.675. The summed E-state index contributed by atoms with van der Waals surface area (Å²) in [5.74, 6) is 0. The lowest BCUT2D eigenvalue weighted by Crippen LogP contribution is -2.32. The Bertz CT molecular complexity index is 298. The van der Waals surface area contributed by atoms with Crippen LogP contribution in [0.1, 0.15) is 30.0 Å². The van der Waals surface area contributed by atoms with Crippen molar-refractivity contribution in [2.45, 2.75) is 32.0 Å². The third kappa shape index (κ3) is 1.87. The van der Waals surface area contributed by atoms with Gasteiger partial charge in [-0.3, -0.25) is 10.3 Å². The maximum Gasteiger partial charge on any atom is 0.0551 e. The zero-order valence-electron chi connectivity index (χ0n) is 7.83. The summed E-state index contributed by atoms with van der Waals surface area (Å²) in [5.41, 5.74) is 8.23. The molecule has 0 aromatic carbocycles. The molecule has 1 fully saturated rings. The molecule has 1 saturated heterocycles. The minimum Gasteiger partial charge on any atom is -0.316 e. The number of hydrogen-bond acceptors (Lipinski definition) is 3. The van der Waals surface area contributed by atoms with Crippen molar-refractivity contribution in [3.05, 3.63) is 29.6 Å². The van der Waals surface area contributed by atoms with Crippen LogP contribution in [0.2, 0.25) is 0 Å². The molecular formula is C10H15N3. The number of aryl methyl sites for hydroxylation is 1. The van der Waals surface area contributed by atoms with Crippen LogP contribution in [0.25, 0.3) is 0 Å². The zero-order valence-corrected chi connectivity index (χ0v) is 7.83. The SMILES string of the molecule is Cc1cncc(C2CCC(N)N2)c1. The Morgan fingerprint density at radius 1 is 1.46 bits per heavy atom. The minimum atomic E-state index is 0.158. The fourth-order valence-corrected chi connectivity index (χ4v) is 1.80. The molecule has 2 atom stereocenters. The fraction of sp³-hybridized carbons (Fsp3) is 0.500. The van der Waals surface area contributed by atoms with E-state index in [0.29, 0.717) is 6.04 Å². The van der Waals surface area contributed by atoms with Gasteiger partial charge in [0, 0.05) is 18.4 Å². The molecule has 13 heavy (non-hydrogen) atoms. The zero-order chi connectivity index (χ0) is 9.26. The largest absolute Gasteiger partial charge is 0.316 e. The third-order valence-corrected chi connectivity index (χ3v) is 2.48. The average molecular weight is 177 g/mol. The van der Waals surface area contributed by atoms with Gasteiger partial charge in [0.05, 0.1) is 6.17 Å². The average Bonchev–Trinajstić information content (AvgIpc) is 2.52. The van der Waals surface area contributed by atoms with E-state index in [-0.39, 0.29) is 6.17 Å². The maximum atomic E-state index is 5.77. The smallest absolute Gasteiger partial charge is 0.0551 e. The number of nitrogens with two attached hydrogens (primary N) is 1. The van der Waals surface area contributed by atoms with Gasteiger partial charge in [0.2, 0.25) is 0 Å². The van der Waals surface area contributed by atoms with Crippen LogP contribution in [0.4, 0.5) is 0 Å². The summed E-state index contributed by atoms with van der Waals surface area (Å²) in [6.45, 7) is 2.06. The van der Waals surface area contributed by atoms with Crippen molar-refractivity contribution in [1.82, 2.24) is 10.3 Å². The van der Waals surface area contributed by atoms with Crippen molar-refractivity contribution in [2.24, 2.45) is 5.73 Å². The molecule has 2 heterocycles. The van der Waals surface area contributed by atoms with Gasteiger partial charge in [-0.05, 0) is 30.9 Å². The lowest BCUT2D eigenvalue weighted by atomic mass is 10.1. The standard InChI is InChI=1S/C10H15N3/c1-7-4-8(6-12-5-7)9-2-3-10(11)13-9/h4-6,9-10,13H,2-3,11H2,1H3. The molecule has 0 spiro atoms. The molecular weight excluding hydrogens is 162 g/mol. The van der Waals surface area contributed by atoms with Gasteiger partial charge in [-0.15, -0.1) is 0 Å². The van der Waals surface area contributed by atoms with E-state index in [4.69, 9.17) is 5.73 Å². The minimum absolute atomic E-state index is 0.158. The van der Waals surface area contributed by atoms with Crippen LogP contribution in [-0.2, 0) is 0 Å². The molecule has 0 bridgehead atoms. The highest BCUT2D eigenvalue weighted by Crippen LogP contribution is 2.24. The molecule has 0 radical (unpaired) electrons. The van der Waals surface area contributed by atoms with Crippen molar-refractivity contribution >= 4 is 0 Å². The van der Waals surface area contributed by atoms with Gasteiger partial charge in [0.1, 0.15) is 0 Å². The molecule has 3 nitrogen and oxygen atoms in total. The number of pyridine rings is 1. The molecule has 2 rings (SSSR count). The molecule has 3 N–H and O–H groups in total. The van der Waals surface area contributed by atoms with E-state index in [1.54, 1.807) is 0 Å². The second-order valence-corrected chi connectivity index (χ2v) is 3.70. The van der Waals surface area contributed by atoms with Crippen molar-refractivity contribution in [2.75, 3.05) is 0 Å². The first-order valence-corrected chi connectivity index (χ1v) is 4.69. The lowest BCUT2D eigenvalue weighted by Gasteiger charge is -2.11. The molecule has 3 heteroatoms. The van der Waals surface area contributed by atoms with Gasteiger partial charge in [0.15, 0.2) is 0 Å². The molecule has 0 aliphatic carbocycles. The number of nitrogens with zero attached hydrogens (tertiary/aromatic N) is 1. The van der Waals surface area contributed by atoms with Gasteiger partial charge >= 0.3 is 0 Å². The highest BCUT2D eigenvalue weighted by Gasteiger charge is 2.21. The lowest BCUT2D eigenvalue weighted by molar-refractivity contribution is 0.567. The Labute approximate surface area is 78.4 Å². The van der Waals surface area contributed by atoms with Crippen LogP contribution in [0, 0.1) is 6.92 Å². The number of aromatic nitrogens is 1. The van der Waals surface area contributed by atoms with Crippen LogP contribution in [0.5, 0.6) is 0 Å². The van der Waals surface area contributed by atoms with Crippen molar-refractivity contribution in [3.8, 4) is 0 Å². The predicted molar refractivity (Wildman–Crippen MR) is 52.1 cm³/mol. The van der Waals surface area contributed by atoms with E-state index in [9.17, 15) is 0 Å². The number of rotatable bonds is 1. The highest BCUT2D eigenvalue weighted by atomic mass is 15.1. The van der Waals surface area contributed by atoms with E-state index >= 15 is 0 Å². The van der Waals surface area contributed by atoms with Crippen molar-refractivity contribution in [1.29, 1.82) is 0 Å². The first-order valence-electron chi connectivity index (χ1n) is 4.69. The Morgan fingerprint density at radius 2 is 2.31 bits per heavy atom. The summed E-state index contributed by atoms with van der Waals surface area (Å²) in [6.07, 6.45) is 6.12. The Balaban J connectivity index is 2.16. The first kappa shape index (κ1) is 8.66. The summed E-state index contributed by atoms with van der Waals surface area (Å²) in [6, 6.07) is 2.57. The van der Waals surface area contributed by atoms with E-state index in [0.717, 1.165) is 12.8 Å². The van der Waals surface area contributed by atoms with Gasteiger partial charge in [-0.2, -0.15) is 0 Å². The van der Waals surface area contributed by atoms with Gasteiger partial charge in [-0.1, -0.05) is 6.07 Å². The molecule has 1 aromatic heterocycles. The Morgan fingerprint density at radius 3 is 2.92 bits per heavy atom.